The third-order valence-corrected chi connectivity index (χ3v) is 3.28. The number of nitrogens with zero attached hydrogens (tertiary/aromatic N) is 1. The third-order valence-electron chi connectivity index (χ3n) is 3.28. The summed E-state index contributed by atoms with van der Waals surface area (Å²) in [6, 6.07) is 8.35. The van der Waals surface area contributed by atoms with Crippen molar-refractivity contribution in [3.8, 4) is 5.75 Å². The molecule has 1 fully saturated rings. The van der Waals surface area contributed by atoms with Crippen LogP contribution < -0.4 is 4.74 Å². The Bertz CT molecular complexity index is 336. The Morgan fingerprint density at radius 2 is 2.00 bits per heavy atom. The zero-order valence-corrected chi connectivity index (χ0v) is 9.39. The molecule has 0 bridgehead atoms. The number of benzene rings is 1. The summed E-state index contributed by atoms with van der Waals surface area (Å²) >= 11 is 0. The van der Waals surface area contributed by atoms with Gasteiger partial charge in [0.1, 0.15) is 11.9 Å². The van der Waals surface area contributed by atoms with Crippen LogP contribution in [0.15, 0.2) is 24.3 Å². The Hall–Kier alpha value is -1.06. The molecule has 2 aliphatic rings. The molecule has 1 aromatic rings. The van der Waals surface area contributed by atoms with Crippen molar-refractivity contribution in [2.75, 3.05) is 32.8 Å². The Morgan fingerprint density at radius 3 is 2.81 bits per heavy atom. The maximum absolute atomic E-state index is 5.93. The lowest BCUT2D eigenvalue weighted by molar-refractivity contribution is 0.0223. The molecule has 3 heteroatoms. The van der Waals surface area contributed by atoms with Gasteiger partial charge in [-0.1, -0.05) is 18.2 Å². The van der Waals surface area contributed by atoms with Crippen LogP contribution >= 0.6 is 0 Å². The molecule has 2 heterocycles. The number of hydrogen-bond acceptors (Lipinski definition) is 3. The van der Waals surface area contributed by atoms with Crippen LogP contribution in [0.1, 0.15) is 5.56 Å². The highest BCUT2D eigenvalue weighted by atomic mass is 16.5. The van der Waals surface area contributed by atoms with E-state index < -0.39 is 0 Å². The van der Waals surface area contributed by atoms with Gasteiger partial charge >= 0.3 is 0 Å². The van der Waals surface area contributed by atoms with Crippen molar-refractivity contribution in [3.05, 3.63) is 29.8 Å². The predicted molar refractivity (Wildman–Crippen MR) is 61.8 cm³/mol. The zero-order valence-electron chi connectivity index (χ0n) is 9.39. The molecule has 2 aliphatic heterocycles. The van der Waals surface area contributed by atoms with E-state index >= 15 is 0 Å². The molecule has 0 aliphatic carbocycles. The Balaban J connectivity index is 1.59. The van der Waals surface area contributed by atoms with Crippen LogP contribution in [0.3, 0.4) is 0 Å². The predicted octanol–water partition coefficient (Wildman–Crippen LogP) is 1.32. The maximum Gasteiger partial charge on any atom is 0.123 e. The lowest BCUT2D eigenvalue weighted by Crippen LogP contribution is -2.42. The van der Waals surface area contributed by atoms with Crippen molar-refractivity contribution < 1.29 is 9.47 Å². The van der Waals surface area contributed by atoms with E-state index in [0.29, 0.717) is 6.10 Å². The summed E-state index contributed by atoms with van der Waals surface area (Å²) < 4.78 is 11.3. The van der Waals surface area contributed by atoms with Gasteiger partial charge in [-0.2, -0.15) is 0 Å². The molecular weight excluding hydrogens is 202 g/mol. The van der Waals surface area contributed by atoms with Crippen molar-refractivity contribution in [2.45, 2.75) is 12.5 Å². The lowest BCUT2D eigenvalue weighted by Gasteiger charge is -2.28. The summed E-state index contributed by atoms with van der Waals surface area (Å²) in [7, 11) is 0. The van der Waals surface area contributed by atoms with Gasteiger partial charge in [-0.25, -0.2) is 0 Å². The van der Waals surface area contributed by atoms with Gasteiger partial charge in [0.2, 0.25) is 0 Å². The number of morpholine rings is 1. The second-order valence-corrected chi connectivity index (χ2v) is 4.46. The number of rotatable bonds is 2. The standard InChI is InChI=1S/C13H17NO2/c1-2-4-13-11(3-1)9-12(16-13)10-14-5-7-15-8-6-14/h1-4,12H,5-10H2/t12-/m1/s1. The fourth-order valence-corrected chi connectivity index (χ4v) is 2.43. The maximum atomic E-state index is 5.93. The second-order valence-electron chi connectivity index (χ2n) is 4.46. The molecule has 0 radical (unpaired) electrons. The zero-order chi connectivity index (χ0) is 10.8. The van der Waals surface area contributed by atoms with Crippen molar-refractivity contribution in [3.63, 3.8) is 0 Å². The van der Waals surface area contributed by atoms with Gasteiger partial charge in [0.05, 0.1) is 13.2 Å². The molecule has 0 N–H and O–H groups in total. The van der Waals surface area contributed by atoms with Crippen LogP contribution in [0.25, 0.3) is 0 Å². The molecule has 1 aromatic carbocycles. The topological polar surface area (TPSA) is 21.7 Å². The molecular formula is C13H17NO2. The molecule has 86 valence electrons. The molecule has 1 atom stereocenters. The Morgan fingerprint density at radius 1 is 1.19 bits per heavy atom. The molecule has 16 heavy (non-hydrogen) atoms. The van der Waals surface area contributed by atoms with Gasteiger partial charge in [-0.3, -0.25) is 4.90 Å². The van der Waals surface area contributed by atoms with Crippen molar-refractivity contribution in [1.29, 1.82) is 0 Å². The van der Waals surface area contributed by atoms with Gasteiger partial charge in [0.15, 0.2) is 0 Å². The van der Waals surface area contributed by atoms with E-state index in [-0.39, 0.29) is 0 Å². The fraction of sp³-hybridized carbons (Fsp3) is 0.538. The molecule has 0 amide bonds. The molecule has 0 aromatic heterocycles. The number of para-hydroxylation sites is 1. The highest BCUT2D eigenvalue weighted by molar-refractivity contribution is 5.37. The van der Waals surface area contributed by atoms with E-state index in [1.165, 1.54) is 5.56 Å². The molecule has 3 nitrogen and oxygen atoms in total. The number of hydrogen-bond donors (Lipinski definition) is 0. The molecule has 0 unspecified atom stereocenters. The summed E-state index contributed by atoms with van der Waals surface area (Å²) in [4.78, 5) is 2.43. The summed E-state index contributed by atoms with van der Waals surface area (Å²) in [6.45, 7) is 4.82. The first-order chi connectivity index (χ1) is 7.92. The highest BCUT2D eigenvalue weighted by Crippen LogP contribution is 2.28. The minimum absolute atomic E-state index is 0.329. The second kappa shape index (κ2) is 4.44. The van der Waals surface area contributed by atoms with Crippen LogP contribution in [0, 0.1) is 0 Å². The first kappa shape index (κ1) is 10.1. The van der Waals surface area contributed by atoms with Gasteiger partial charge in [-0.05, 0) is 11.6 Å². The molecule has 0 saturated carbocycles. The van der Waals surface area contributed by atoms with Crippen LogP contribution in [0.4, 0.5) is 0 Å². The summed E-state index contributed by atoms with van der Waals surface area (Å²) in [5.74, 6) is 1.07. The van der Waals surface area contributed by atoms with Crippen molar-refractivity contribution in [2.24, 2.45) is 0 Å². The SMILES string of the molecule is c1ccc2c(c1)C[C@H](CN1CCOCC1)O2. The summed E-state index contributed by atoms with van der Waals surface area (Å²) in [6.07, 6.45) is 1.38. The first-order valence-corrected chi connectivity index (χ1v) is 5.96. The average molecular weight is 219 g/mol. The quantitative estimate of drug-likeness (QED) is 0.749. The van der Waals surface area contributed by atoms with Crippen molar-refractivity contribution >= 4 is 0 Å². The lowest BCUT2D eigenvalue weighted by atomic mass is 10.1. The fourth-order valence-electron chi connectivity index (χ4n) is 2.43. The first-order valence-electron chi connectivity index (χ1n) is 5.96. The van der Waals surface area contributed by atoms with E-state index in [1.54, 1.807) is 0 Å². The van der Waals surface area contributed by atoms with Crippen molar-refractivity contribution in [1.82, 2.24) is 4.90 Å². The Kier molecular flexibility index (Phi) is 2.80. The van der Waals surface area contributed by atoms with Gasteiger partial charge in [0, 0.05) is 26.1 Å². The van der Waals surface area contributed by atoms with E-state index in [0.717, 1.165) is 45.0 Å². The molecule has 1 saturated heterocycles. The van der Waals surface area contributed by atoms with Gasteiger partial charge in [0.25, 0.3) is 0 Å². The minimum Gasteiger partial charge on any atom is -0.488 e. The third kappa shape index (κ3) is 2.06. The normalized spacial score (nSPS) is 25.1. The number of ether oxygens (including phenoxy) is 2. The largest absolute Gasteiger partial charge is 0.488 e. The van der Waals surface area contributed by atoms with Gasteiger partial charge in [-0.15, -0.1) is 0 Å². The molecule has 0 spiro atoms. The average Bonchev–Trinajstić information content (AvgIpc) is 2.72. The van der Waals surface area contributed by atoms with Crippen LogP contribution in [0.2, 0.25) is 0 Å². The molecule has 3 rings (SSSR count). The van der Waals surface area contributed by atoms with Crippen LogP contribution in [-0.4, -0.2) is 43.9 Å². The van der Waals surface area contributed by atoms with E-state index in [4.69, 9.17) is 9.47 Å². The Labute approximate surface area is 96.0 Å². The van der Waals surface area contributed by atoms with E-state index in [2.05, 4.69) is 23.1 Å². The van der Waals surface area contributed by atoms with E-state index in [1.807, 2.05) is 6.07 Å². The van der Waals surface area contributed by atoms with Crippen LogP contribution in [-0.2, 0) is 11.2 Å². The smallest absolute Gasteiger partial charge is 0.123 e. The van der Waals surface area contributed by atoms with E-state index in [9.17, 15) is 0 Å². The summed E-state index contributed by atoms with van der Waals surface area (Å²) in [5, 5.41) is 0. The number of fused-ring (bicyclic) bond motifs is 1. The monoisotopic (exact) mass is 219 g/mol. The van der Waals surface area contributed by atoms with Gasteiger partial charge < -0.3 is 9.47 Å². The minimum atomic E-state index is 0.329. The van der Waals surface area contributed by atoms with Crippen LogP contribution in [0.5, 0.6) is 5.75 Å². The summed E-state index contributed by atoms with van der Waals surface area (Å²) in [5.41, 5.74) is 1.35. The highest BCUT2D eigenvalue weighted by Gasteiger charge is 2.25.